The Bertz CT molecular complexity index is 650. The van der Waals surface area contributed by atoms with Crippen molar-refractivity contribution in [2.24, 2.45) is 0 Å². The quantitative estimate of drug-likeness (QED) is 0.940. The Hall–Kier alpha value is -1.95. The zero-order valence-corrected chi connectivity index (χ0v) is 11.4. The summed E-state index contributed by atoms with van der Waals surface area (Å²) in [6.07, 6.45) is 4.47. The standard InChI is InChI=1S/C13H13ClN4O2/c14-10-5-9(13(19)20)6-11(7-10)18-12(15-16-17-18)8-3-1-2-4-8/h5-8H,1-4H2,(H,19,20). The Labute approximate surface area is 120 Å². The average molecular weight is 293 g/mol. The number of aromatic carboxylic acids is 1. The molecule has 3 rings (SSSR count). The molecule has 0 bridgehead atoms. The molecule has 104 valence electrons. The fraction of sp³-hybridized carbons (Fsp3) is 0.385. The summed E-state index contributed by atoms with van der Waals surface area (Å²) in [4.78, 5) is 11.1. The molecule has 20 heavy (non-hydrogen) atoms. The van der Waals surface area contributed by atoms with E-state index >= 15 is 0 Å². The number of hydrogen-bond donors (Lipinski definition) is 1. The van der Waals surface area contributed by atoms with E-state index < -0.39 is 5.97 Å². The second-order valence-corrected chi connectivity index (χ2v) is 5.37. The first-order valence-electron chi connectivity index (χ1n) is 6.47. The third-order valence-corrected chi connectivity index (χ3v) is 3.81. The van der Waals surface area contributed by atoms with Gasteiger partial charge in [-0.25, -0.2) is 4.79 Å². The summed E-state index contributed by atoms with van der Waals surface area (Å²) in [5.74, 6) is 0.0857. The predicted molar refractivity (Wildman–Crippen MR) is 72.3 cm³/mol. The molecule has 6 nitrogen and oxygen atoms in total. The van der Waals surface area contributed by atoms with Gasteiger partial charge in [0, 0.05) is 10.9 Å². The number of carboxylic acids is 1. The molecule has 0 aliphatic heterocycles. The van der Waals surface area contributed by atoms with E-state index in [9.17, 15) is 4.79 Å². The molecule has 1 aliphatic carbocycles. The first kappa shape index (κ1) is 13.1. The van der Waals surface area contributed by atoms with E-state index in [1.807, 2.05) is 0 Å². The predicted octanol–water partition coefficient (Wildman–Crippen LogP) is 2.67. The van der Waals surface area contributed by atoms with Crippen LogP contribution >= 0.6 is 11.6 Å². The average Bonchev–Trinajstić information content (AvgIpc) is 3.08. The molecule has 0 unspecified atom stereocenters. The van der Waals surface area contributed by atoms with Gasteiger partial charge in [-0.15, -0.1) is 5.10 Å². The number of halogens is 1. The van der Waals surface area contributed by atoms with Crippen LogP contribution in [0.15, 0.2) is 18.2 Å². The third-order valence-electron chi connectivity index (χ3n) is 3.59. The number of aromatic nitrogens is 4. The van der Waals surface area contributed by atoms with Gasteiger partial charge in [-0.2, -0.15) is 4.68 Å². The van der Waals surface area contributed by atoms with Gasteiger partial charge in [0.15, 0.2) is 5.82 Å². The van der Waals surface area contributed by atoms with Gasteiger partial charge >= 0.3 is 5.97 Å². The summed E-state index contributed by atoms with van der Waals surface area (Å²) in [6, 6.07) is 4.61. The monoisotopic (exact) mass is 292 g/mol. The molecule has 1 N–H and O–H groups in total. The van der Waals surface area contributed by atoms with Crippen molar-refractivity contribution in [3.63, 3.8) is 0 Å². The number of benzene rings is 1. The number of carboxylic acid groups (broad SMARTS) is 1. The molecule has 0 amide bonds. The van der Waals surface area contributed by atoms with Crippen molar-refractivity contribution in [2.45, 2.75) is 31.6 Å². The van der Waals surface area contributed by atoms with Crippen molar-refractivity contribution in [3.8, 4) is 5.69 Å². The van der Waals surface area contributed by atoms with E-state index in [4.69, 9.17) is 16.7 Å². The molecule has 1 heterocycles. The summed E-state index contributed by atoms with van der Waals surface area (Å²) in [5.41, 5.74) is 0.710. The van der Waals surface area contributed by atoms with Crippen LogP contribution < -0.4 is 0 Å². The number of carbonyl (C=O) groups is 1. The van der Waals surface area contributed by atoms with Crippen molar-refractivity contribution in [1.82, 2.24) is 20.2 Å². The van der Waals surface area contributed by atoms with Crippen LogP contribution in [-0.2, 0) is 0 Å². The Balaban J connectivity index is 2.05. The molecule has 1 aliphatic rings. The molecule has 0 radical (unpaired) electrons. The molecule has 0 atom stereocenters. The van der Waals surface area contributed by atoms with Crippen LogP contribution in [0.3, 0.4) is 0 Å². The van der Waals surface area contributed by atoms with Crippen LogP contribution in [0.4, 0.5) is 0 Å². The van der Waals surface area contributed by atoms with Gasteiger partial charge in [-0.3, -0.25) is 0 Å². The summed E-state index contributed by atoms with van der Waals surface area (Å²) >= 11 is 5.98. The molecule has 1 aromatic heterocycles. The molecular weight excluding hydrogens is 280 g/mol. The van der Waals surface area contributed by atoms with Crippen molar-refractivity contribution in [1.29, 1.82) is 0 Å². The van der Waals surface area contributed by atoms with Gasteiger partial charge < -0.3 is 5.11 Å². The SMILES string of the molecule is O=C(O)c1cc(Cl)cc(-n2nnnc2C2CCCC2)c1. The number of hydrogen-bond acceptors (Lipinski definition) is 4. The number of rotatable bonds is 3. The topological polar surface area (TPSA) is 80.9 Å². The maximum atomic E-state index is 11.1. The van der Waals surface area contributed by atoms with E-state index in [-0.39, 0.29) is 5.56 Å². The highest BCUT2D eigenvalue weighted by Crippen LogP contribution is 2.33. The van der Waals surface area contributed by atoms with Crippen LogP contribution in [0.5, 0.6) is 0 Å². The van der Waals surface area contributed by atoms with Gasteiger partial charge in [0.25, 0.3) is 0 Å². The highest BCUT2D eigenvalue weighted by molar-refractivity contribution is 6.31. The van der Waals surface area contributed by atoms with Crippen LogP contribution in [0.1, 0.15) is 47.8 Å². The van der Waals surface area contributed by atoms with Crippen molar-refractivity contribution < 1.29 is 9.90 Å². The number of nitrogens with zero attached hydrogens (tertiary/aromatic N) is 4. The minimum Gasteiger partial charge on any atom is -0.478 e. The van der Waals surface area contributed by atoms with Gasteiger partial charge in [-0.05, 0) is 41.5 Å². The van der Waals surface area contributed by atoms with Crippen LogP contribution in [0.2, 0.25) is 5.02 Å². The number of tetrazole rings is 1. The van der Waals surface area contributed by atoms with E-state index in [0.29, 0.717) is 16.6 Å². The largest absolute Gasteiger partial charge is 0.478 e. The van der Waals surface area contributed by atoms with Crippen molar-refractivity contribution in [2.75, 3.05) is 0 Å². The third kappa shape index (κ3) is 2.38. The molecule has 0 spiro atoms. The second kappa shape index (κ2) is 5.20. The maximum Gasteiger partial charge on any atom is 0.335 e. The first-order chi connectivity index (χ1) is 9.65. The molecule has 1 aromatic carbocycles. The molecule has 2 aromatic rings. The lowest BCUT2D eigenvalue weighted by Crippen LogP contribution is -2.08. The highest BCUT2D eigenvalue weighted by atomic mass is 35.5. The molecule has 1 fully saturated rings. The Kier molecular flexibility index (Phi) is 3.40. The first-order valence-corrected chi connectivity index (χ1v) is 6.85. The van der Waals surface area contributed by atoms with E-state index in [1.54, 1.807) is 10.7 Å². The van der Waals surface area contributed by atoms with Gasteiger partial charge in [-0.1, -0.05) is 24.4 Å². The molecule has 0 saturated heterocycles. The molecule has 7 heteroatoms. The lowest BCUT2D eigenvalue weighted by molar-refractivity contribution is 0.0697. The minimum atomic E-state index is -1.02. The molecule has 1 saturated carbocycles. The Morgan fingerprint density at radius 3 is 2.75 bits per heavy atom. The zero-order chi connectivity index (χ0) is 14.1. The summed E-state index contributed by atoms with van der Waals surface area (Å²) in [5, 5.41) is 21.2. The van der Waals surface area contributed by atoms with Gasteiger partial charge in [0.05, 0.1) is 11.3 Å². The fourth-order valence-corrected chi connectivity index (χ4v) is 2.87. The lowest BCUT2D eigenvalue weighted by atomic mass is 10.1. The van der Waals surface area contributed by atoms with E-state index in [1.165, 1.54) is 25.0 Å². The zero-order valence-electron chi connectivity index (χ0n) is 10.7. The lowest BCUT2D eigenvalue weighted by Gasteiger charge is -2.10. The van der Waals surface area contributed by atoms with Gasteiger partial charge in [0.2, 0.25) is 0 Å². The highest BCUT2D eigenvalue weighted by Gasteiger charge is 2.24. The fourth-order valence-electron chi connectivity index (χ4n) is 2.64. The van der Waals surface area contributed by atoms with E-state index in [2.05, 4.69) is 15.5 Å². The van der Waals surface area contributed by atoms with Crippen LogP contribution in [-0.4, -0.2) is 31.3 Å². The Morgan fingerprint density at radius 1 is 1.30 bits per heavy atom. The van der Waals surface area contributed by atoms with Crippen molar-refractivity contribution in [3.05, 3.63) is 34.6 Å². The summed E-state index contributed by atoms with van der Waals surface area (Å²) in [6.45, 7) is 0. The normalized spacial score (nSPS) is 15.7. The molecular formula is C13H13ClN4O2. The second-order valence-electron chi connectivity index (χ2n) is 4.93. The smallest absolute Gasteiger partial charge is 0.335 e. The summed E-state index contributed by atoms with van der Waals surface area (Å²) in [7, 11) is 0. The summed E-state index contributed by atoms with van der Waals surface area (Å²) < 4.78 is 1.59. The van der Waals surface area contributed by atoms with Crippen molar-refractivity contribution >= 4 is 17.6 Å². The Morgan fingerprint density at radius 2 is 2.05 bits per heavy atom. The van der Waals surface area contributed by atoms with Gasteiger partial charge in [0.1, 0.15) is 0 Å². The van der Waals surface area contributed by atoms with Crippen LogP contribution in [0, 0.1) is 0 Å². The minimum absolute atomic E-state index is 0.125. The maximum absolute atomic E-state index is 11.1. The van der Waals surface area contributed by atoms with Crippen LogP contribution in [0.25, 0.3) is 5.69 Å². The van der Waals surface area contributed by atoms with E-state index in [0.717, 1.165) is 18.7 Å².